The molecule has 0 aliphatic rings. The summed E-state index contributed by atoms with van der Waals surface area (Å²) in [6.07, 6.45) is 5.24. The fourth-order valence-corrected chi connectivity index (χ4v) is 0.442. The fourth-order valence-electron chi connectivity index (χ4n) is 0.442. The van der Waals surface area contributed by atoms with Crippen LogP contribution in [0.2, 0.25) is 0 Å². The monoisotopic (exact) mass is 185 g/mol. The van der Waals surface area contributed by atoms with Crippen molar-refractivity contribution in [3.05, 3.63) is 18.7 Å². The van der Waals surface area contributed by atoms with Gasteiger partial charge in [-0.05, 0) is 12.4 Å². The Kier molecular flexibility index (Phi) is 5.17. The smallest absolute Gasteiger partial charge is 0.171 e. The molecule has 0 aromatic carbocycles. The Bertz CT molecular complexity index is 233. The Balaban J connectivity index is 0.000001000. The van der Waals surface area contributed by atoms with Gasteiger partial charge in [-0.2, -0.15) is 5.26 Å². The predicted molar refractivity (Wildman–Crippen MR) is 32.0 cm³/mol. The summed E-state index contributed by atoms with van der Waals surface area (Å²) in [5, 5.41) is 8.10. The topological polar surface area (TPSA) is 58.8 Å². The number of rotatable bonds is 2. The minimum Gasteiger partial charge on any atom is -0.501 e. The first-order chi connectivity index (χ1) is 4.93. The van der Waals surface area contributed by atoms with Crippen molar-refractivity contribution >= 4 is 0 Å². The van der Waals surface area contributed by atoms with Crippen molar-refractivity contribution < 1.29 is 23.3 Å². The zero-order valence-electron chi connectivity index (χ0n) is 5.56. The molecule has 1 aromatic heterocycles. The molecule has 0 saturated carbocycles. The SMILES string of the molecule is N#CCOc1cn[c-]nc1.[V]. The zero-order chi connectivity index (χ0) is 7.23. The molecule has 0 spiro atoms. The van der Waals surface area contributed by atoms with Gasteiger partial charge in [0.2, 0.25) is 0 Å². The quantitative estimate of drug-likeness (QED) is 0.616. The largest absolute Gasteiger partial charge is 0.501 e. The van der Waals surface area contributed by atoms with Gasteiger partial charge in [-0.3, -0.25) is 0 Å². The van der Waals surface area contributed by atoms with Gasteiger partial charge in [-0.15, -0.1) is 0 Å². The fraction of sp³-hybridized carbons (Fsp3) is 0.167. The van der Waals surface area contributed by atoms with Crippen LogP contribution in [0.4, 0.5) is 0 Å². The van der Waals surface area contributed by atoms with Crippen LogP contribution in [0.3, 0.4) is 0 Å². The maximum absolute atomic E-state index is 8.10. The zero-order valence-corrected chi connectivity index (χ0v) is 6.96. The molecular weight excluding hydrogens is 181 g/mol. The van der Waals surface area contributed by atoms with Crippen molar-refractivity contribution in [3.8, 4) is 11.8 Å². The van der Waals surface area contributed by atoms with Crippen molar-refractivity contribution in [3.63, 3.8) is 0 Å². The van der Waals surface area contributed by atoms with Gasteiger partial charge in [0.05, 0.1) is 0 Å². The Labute approximate surface area is 76.1 Å². The second kappa shape index (κ2) is 5.72. The molecular formula is C6H4N3OV-. The van der Waals surface area contributed by atoms with Gasteiger partial charge in [0, 0.05) is 30.6 Å². The van der Waals surface area contributed by atoms with E-state index in [1.54, 1.807) is 0 Å². The Morgan fingerprint density at radius 3 is 2.73 bits per heavy atom. The van der Waals surface area contributed by atoms with E-state index in [0.29, 0.717) is 5.75 Å². The van der Waals surface area contributed by atoms with E-state index in [-0.39, 0.29) is 25.2 Å². The molecule has 0 unspecified atom stereocenters. The summed E-state index contributed by atoms with van der Waals surface area (Å²) in [7, 11) is 0. The molecule has 0 saturated heterocycles. The van der Waals surface area contributed by atoms with E-state index in [0.717, 1.165) is 0 Å². The van der Waals surface area contributed by atoms with Crippen LogP contribution in [0.1, 0.15) is 0 Å². The molecule has 1 heterocycles. The molecule has 0 N–H and O–H groups in total. The van der Waals surface area contributed by atoms with Gasteiger partial charge in [0.1, 0.15) is 6.07 Å². The number of aromatic nitrogens is 2. The van der Waals surface area contributed by atoms with Crippen molar-refractivity contribution in [2.75, 3.05) is 6.61 Å². The van der Waals surface area contributed by atoms with Crippen LogP contribution in [0, 0.1) is 17.7 Å². The van der Waals surface area contributed by atoms with Gasteiger partial charge < -0.3 is 14.7 Å². The predicted octanol–water partition coefficient (Wildman–Crippen LogP) is 0.177. The van der Waals surface area contributed by atoms with Gasteiger partial charge in [-0.25, -0.2) is 0 Å². The van der Waals surface area contributed by atoms with E-state index >= 15 is 0 Å². The number of ether oxygens (including phenoxy) is 1. The average Bonchev–Trinajstić information content (AvgIpc) is 2.03. The van der Waals surface area contributed by atoms with Crippen molar-refractivity contribution in [2.24, 2.45) is 0 Å². The summed E-state index contributed by atoms with van der Waals surface area (Å²) in [6.45, 7) is 0.0212. The summed E-state index contributed by atoms with van der Waals surface area (Å²) >= 11 is 0. The van der Waals surface area contributed by atoms with Gasteiger partial charge in [0.15, 0.2) is 6.61 Å². The van der Waals surface area contributed by atoms with E-state index < -0.39 is 0 Å². The van der Waals surface area contributed by atoms with Crippen LogP contribution in [0.25, 0.3) is 0 Å². The van der Waals surface area contributed by atoms with Crippen LogP contribution in [-0.2, 0) is 18.6 Å². The molecule has 0 atom stereocenters. The molecule has 0 aliphatic carbocycles. The molecule has 55 valence electrons. The van der Waals surface area contributed by atoms with Crippen molar-refractivity contribution in [1.82, 2.24) is 9.97 Å². The van der Waals surface area contributed by atoms with Gasteiger partial charge >= 0.3 is 0 Å². The standard InChI is InChI=1S/C6H4N3O.V/c7-1-2-10-6-3-8-5-9-4-6;/h3-4H,2H2;/q-1;. The van der Waals surface area contributed by atoms with E-state index in [1.165, 1.54) is 12.4 Å². The second-order valence-corrected chi connectivity index (χ2v) is 1.47. The molecule has 1 aromatic rings. The van der Waals surface area contributed by atoms with E-state index in [1.807, 2.05) is 6.07 Å². The molecule has 5 heteroatoms. The first-order valence-electron chi connectivity index (χ1n) is 2.61. The Morgan fingerprint density at radius 1 is 1.55 bits per heavy atom. The van der Waals surface area contributed by atoms with E-state index in [2.05, 4.69) is 16.3 Å². The first kappa shape index (κ1) is 9.95. The third-order valence-corrected chi connectivity index (χ3v) is 0.802. The summed E-state index contributed by atoms with van der Waals surface area (Å²) in [5.74, 6) is 0.486. The van der Waals surface area contributed by atoms with Crippen LogP contribution >= 0.6 is 0 Å². The Morgan fingerprint density at radius 2 is 2.18 bits per heavy atom. The van der Waals surface area contributed by atoms with Crippen molar-refractivity contribution in [2.45, 2.75) is 0 Å². The number of nitrogens with zero attached hydrogens (tertiary/aromatic N) is 3. The average molecular weight is 185 g/mol. The molecule has 11 heavy (non-hydrogen) atoms. The molecule has 0 bridgehead atoms. The molecule has 0 fully saturated rings. The summed E-state index contributed by atoms with van der Waals surface area (Å²) in [5.41, 5.74) is 0. The van der Waals surface area contributed by atoms with Crippen LogP contribution < -0.4 is 4.74 Å². The Hall–Kier alpha value is -1.05. The van der Waals surface area contributed by atoms with E-state index in [4.69, 9.17) is 10.00 Å². The maximum Gasteiger partial charge on any atom is 0.171 e. The van der Waals surface area contributed by atoms with Crippen LogP contribution in [0.15, 0.2) is 12.4 Å². The second-order valence-electron chi connectivity index (χ2n) is 1.47. The summed E-state index contributed by atoms with van der Waals surface area (Å²) in [4.78, 5) is 7.13. The minimum absolute atomic E-state index is 0. The first-order valence-corrected chi connectivity index (χ1v) is 2.61. The molecule has 4 nitrogen and oxygen atoms in total. The third kappa shape index (κ3) is 3.61. The number of nitriles is 1. The number of hydrogen-bond acceptors (Lipinski definition) is 4. The molecule has 0 aliphatic heterocycles. The molecule has 1 rings (SSSR count). The maximum atomic E-state index is 8.10. The molecule has 0 amide bonds. The number of hydrogen-bond donors (Lipinski definition) is 0. The van der Waals surface area contributed by atoms with Gasteiger partial charge in [-0.1, -0.05) is 0 Å². The summed E-state index contributed by atoms with van der Waals surface area (Å²) in [6, 6.07) is 1.83. The third-order valence-electron chi connectivity index (χ3n) is 0.802. The summed E-state index contributed by atoms with van der Waals surface area (Å²) < 4.78 is 4.85. The van der Waals surface area contributed by atoms with Crippen molar-refractivity contribution in [1.29, 1.82) is 5.26 Å². The van der Waals surface area contributed by atoms with Gasteiger partial charge in [0.25, 0.3) is 0 Å². The normalized spacial score (nSPS) is 7.55. The van der Waals surface area contributed by atoms with E-state index in [9.17, 15) is 0 Å². The van der Waals surface area contributed by atoms with Crippen LogP contribution in [0.5, 0.6) is 5.75 Å². The minimum atomic E-state index is 0. The molecule has 1 radical (unpaired) electrons. The van der Waals surface area contributed by atoms with Crippen LogP contribution in [-0.4, -0.2) is 16.6 Å².